The zero-order valence-corrected chi connectivity index (χ0v) is 11.1. The van der Waals surface area contributed by atoms with Gasteiger partial charge in [-0.05, 0) is 29.8 Å². The first kappa shape index (κ1) is 14.1. The fourth-order valence-electron chi connectivity index (χ4n) is 1.53. The number of aromatic carboxylic acids is 2. The summed E-state index contributed by atoms with van der Waals surface area (Å²) in [6.07, 6.45) is 1.46. The summed E-state index contributed by atoms with van der Waals surface area (Å²) in [5.74, 6) is -1.38. The van der Waals surface area contributed by atoms with Gasteiger partial charge in [0.25, 0.3) is 0 Å². The van der Waals surface area contributed by atoms with Gasteiger partial charge >= 0.3 is 11.9 Å². The summed E-state index contributed by atoms with van der Waals surface area (Å²) < 4.78 is 0. The fourth-order valence-corrected chi connectivity index (χ4v) is 2.41. The zero-order valence-electron chi connectivity index (χ0n) is 10.3. The van der Waals surface area contributed by atoms with E-state index in [0.717, 1.165) is 10.5 Å². The van der Waals surface area contributed by atoms with Gasteiger partial charge in [0, 0.05) is 16.8 Å². The average Bonchev–Trinajstić information content (AvgIpc) is 2.46. The Kier molecular flexibility index (Phi) is 4.37. The maximum absolute atomic E-state index is 10.8. The van der Waals surface area contributed by atoms with Crippen LogP contribution in [-0.4, -0.2) is 27.1 Å². The van der Waals surface area contributed by atoms with Gasteiger partial charge in [-0.3, -0.25) is 0 Å². The molecule has 102 valence electrons. The summed E-state index contributed by atoms with van der Waals surface area (Å²) in [6, 6.07) is 9.84. The van der Waals surface area contributed by atoms with E-state index in [-0.39, 0.29) is 11.3 Å². The first-order valence-corrected chi connectivity index (χ1v) is 6.69. The maximum Gasteiger partial charge on any atom is 0.354 e. The highest BCUT2D eigenvalue weighted by Crippen LogP contribution is 2.23. The van der Waals surface area contributed by atoms with Crippen molar-refractivity contribution >= 4 is 23.7 Å². The van der Waals surface area contributed by atoms with Crippen LogP contribution in [0.25, 0.3) is 0 Å². The van der Waals surface area contributed by atoms with Gasteiger partial charge in [0.15, 0.2) is 0 Å². The van der Waals surface area contributed by atoms with Gasteiger partial charge in [-0.1, -0.05) is 12.1 Å². The van der Waals surface area contributed by atoms with Gasteiger partial charge in [-0.2, -0.15) is 0 Å². The Morgan fingerprint density at radius 1 is 1.05 bits per heavy atom. The molecule has 0 saturated heterocycles. The van der Waals surface area contributed by atoms with Crippen LogP contribution in [0.15, 0.2) is 47.5 Å². The molecular formula is C14H11NO4S. The molecule has 0 radical (unpaired) electrons. The summed E-state index contributed by atoms with van der Waals surface area (Å²) in [5, 5.41) is 17.6. The van der Waals surface area contributed by atoms with E-state index in [1.54, 1.807) is 30.3 Å². The smallest absolute Gasteiger partial charge is 0.354 e. The highest BCUT2D eigenvalue weighted by atomic mass is 32.2. The van der Waals surface area contributed by atoms with Crippen molar-refractivity contribution in [2.75, 3.05) is 0 Å². The minimum absolute atomic E-state index is 0.0104. The standard InChI is InChI=1S/C14H11NO4S/c16-13(17)10-3-1-9(2-4-10)8-20-11-5-6-15-12(7-11)14(18)19/h1-7H,8H2,(H,16,17)(H,18,19). The third-order valence-corrected chi connectivity index (χ3v) is 3.62. The number of carboxylic acid groups (broad SMARTS) is 2. The van der Waals surface area contributed by atoms with Crippen molar-refractivity contribution in [1.82, 2.24) is 4.98 Å². The molecule has 0 unspecified atom stereocenters. The second-order valence-corrected chi connectivity index (χ2v) is 5.02. The lowest BCUT2D eigenvalue weighted by Gasteiger charge is -2.03. The van der Waals surface area contributed by atoms with Gasteiger partial charge in [0.05, 0.1) is 5.56 Å². The van der Waals surface area contributed by atoms with Crippen LogP contribution < -0.4 is 0 Å². The molecule has 6 heteroatoms. The molecule has 1 aromatic heterocycles. The predicted octanol–water partition coefficient (Wildman–Crippen LogP) is 2.77. The van der Waals surface area contributed by atoms with E-state index in [0.29, 0.717) is 5.75 Å². The number of carbonyl (C=O) groups is 2. The lowest BCUT2D eigenvalue weighted by Crippen LogP contribution is -1.99. The Balaban J connectivity index is 2.03. The van der Waals surface area contributed by atoms with Gasteiger partial charge in [-0.25, -0.2) is 14.6 Å². The average molecular weight is 289 g/mol. The van der Waals surface area contributed by atoms with E-state index in [2.05, 4.69) is 4.98 Å². The molecule has 2 rings (SSSR count). The largest absolute Gasteiger partial charge is 0.478 e. The van der Waals surface area contributed by atoms with Crippen molar-refractivity contribution < 1.29 is 19.8 Å². The molecule has 5 nitrogen and oxygen atoms in total. The summed E-state index contributed by atoms with van der Waals surface area (Å²) in [7, 11) is 0. The lowest BCUT2D eigenvalue weighted by molar-refractivity contribution is 0.0682. The fraction of sp³-hybridized carbons (Fsp3) is 0.0714. The van der Waals surface area contributed by atoms with Crippen LogP contribution in [0.3, 0.4) is 0 Å². The Labute approximate surface area is 119 Å². The second kappa shape index (κ2) is 6.21. The number of pyridine rings is 1. The minimum atomic E-state index is -1.06. The van der Waals surface area contributed by atoms with Crippen LogP contribution in [-0.2, 0) is 5.75 Å². The van der Waals surface area contributed by atoms with Crippen LogP contribution in [0.4, 0.5) is 0 Å². The molecule has 0 aliphatic rings. The maximum atomic E-state index is 10.8. The molecular weight excluding hydrogens is 278 g/mol. The van der Waals surface area contributed by atoms with Crippen LogP contribution in [0.1, 0.15) is 26.4 Å². The van der Waals surface area contributed by atoms with Gasteiger partial charge < -0.3 is 10.2 Å². The van der Waals surface area contributed by atoms with Crippen LogP contribution in [0.5, 0.6) is 0 Å². The summed E-state index contributed by atoms with van der Waals surface area (Å²) in [6.45, 7) is 0. The highest BCUT2D eigenvalue weighted by molar-refractivity contribution is 7.98. The number of rotatable bonds is 5. The summed E-state index contributed by atoms with van der Waals surface area (Å²) in [4.78, 5) is 26.1. The van der Waals surface area contributed by atoms with Crippen LogP contribution in [0, 0.1) is 0 Å². The quantitative estimate of drug-likeness (QED) is 0.823. The predicted molar refractivity (Wildman–Crippen MR) is 74.2 cm³/mol. The Morgan fingerprint density at radius 3 is 2.35 bits per heavy atom. The number of hydrogen-bond acceptors (Lipinski definition) is 4. The Bertz CT molecular complexity index is 640. The van der Waals surface area contributed by atoms with Gasteiger partial charge in [0.1, 0.15) is 5.69 Å². The topological polar surface area (TPSA) is 87.5 Å². The molecule has 0 aliphatic heterocycles. The van der Waals surface area contributed by atoms with Crippen LogP contribution in [0.2, 0.25) is 0 Å². The van der Waals surface area contributed by atoms with Crippen LogP contribution >= 0.6 is 11.8 Å². The number of benzene rings is 1. The third-order valence-electron chi connectivity index (χ3n) is 2.56. The van der Waals surface area contributed by atoms with Crippen molar-refractivity contribution in [1.29, 1.82) is 0 Å². The minimum Gasteiger partial charge on any atom is -0.478 e. The molecule has 1 heterocycles. The molecule has 2 aromatic rings. The highest BCUT2D eigenvalue weighted by Gasteiger charge is 2.06. The molecule has 2 N–H and O–H groups in total. The molecule has 0 saturated carbocycles. The van der Waals surface area contributed by atoms with E-state index in [1.165, 1.54) is 24.0 Å². The number of thioether (sulfide) groups is 1. The SMILES string of the molecule is O=C(O)c1ccc(CSc2ccnc(C(=O)O)c2)cc1. The first-order valence-electron chi connectivity index (χ1n) is 5.70. The molecule has 0 fully saturated rings. The summed E-state index contributed by atoms with van der Waals surface area (Å²) >= 11 is 1.47. The molecule has 0 atom stereocenters. The second-order valence-electron chi connectivity index (χ2n) is 3.97. The number of carboxylic acids is 2. The monoisotopic (exact) mass is 289 g/mol. The number of hydrogen-bond donors (Lipinski definition) is 2. The van der Waals surface area contributed by atoms with Crippen molar-refractivity contribution in [2.45, 2.75) is 10.6 Å². The van der Waals surface area contributed by atoms with Crippen molar-refractivity contribution in [3.05, 3.63) is 59.4 Å². The molecule has 20 heavy (non-hydrogen) atoms. The van der Waals surface area contributed by atoms with E-state index < -0.39 is 11.9 Å². The van der Waals surface area contributed by atoms with E-state index in [9.17, 15) is 9.59 Å². The number of aromatic nitrogens is 1. The lowest BCUT2D eigenvalue weighted by atomic mass is 10.1. The number of nitrogens with zero attached hydrogens (tertiary/aromatic N) is 1. The zero-order chi connectivity index (χ0) is 14.5. The Hall–Kier alpha value is -2.34. The molecule has 0 bridgehead atoms. The Morgan fingerprint density at radius 2 is 1.75 bits per heavy atom. The first-order chi connectivity index (χ1) is 9.56. The van der Waals surface area contributed by atoms with Gasteiger partial charge in [0.2, 0.25) is 0 Å². The van der Waals surface area contributed by atoms with Crippen molar-refractivity contribution in [2.24, 2.45) is 0 Å². The van der Waals surface area contributed by atoms with Crippen molar-refractivity contribution in [3.63, 3.8) is 0 Å². The normalized spacial score (nSPS) is 10.2. The van der Waals surface area contributed by atoms with Crippen molar-refractivity contribution in [3.8, 4) is 0 Å². The molecule has 0 spiro atoms. The molecule has 0 amide bonds. The van der Waals surface area contributed by atoms with E-state index in [4.69, 9.17) is 10.2 Å². The molecule has 0 aliphatic carbocycles. The molecule has 1 aromatic carbocycles. The third kappa shape index (κ3) is 3.58. The van der Waals surface area contributed by atoms with E-state index in [1.807, 2.05) is 0 Å². The van der Waals surface area contributed by atoms with E-state index >= 15 is 0 Å². The summed E-state index contributed by atoms with van der Waals surface area (Å²) in [5.41, 5.74) is 1.22. The van der Waals surface area contributed by atoms with Gasteiger partial charge in [-0.15, -0.1) is 11.8 Å².